The Hall–Kier alpha value is -0.600. The molecule has 0 amide bonds. The molecule has 4 N–H and O–H groups in total. The number of aliphatic hydroxyl groups excluding tert-OH is 3. The molecule has 0 spiro atoms. The van der Waals surface area contributed by atoms with Crippen molar-refractivity contribution in [3.8, 4) is 12.3 Å². The van der Waals surface area contributed by atoms with Gasteiger partial charge in [-0.1, -0.05) is 19.8 Å². The van der Waals surface area contributed by atoms with Gasteiger partial charge in [-0.25, -0.2) is 0 Å². The van der Waals surface area contributed by atoms with Gasteiger partial charge in [-0.3, -0.25) is 0 Å². The molecule has 4 heteroatoms. The van der Waals surface area contributed by atoms with Crippen LogP contribution in [0.4, 0.5) is 0 Å². The lowest BCUT2D eigenvalue weighted by Crippen LogP contribution is -2.60. The van der Waals surface area contributed by atoms with Crippen LogP contribution in [0.3, 0.4) is 0 Å². The van der Waals surface area contributed by atoms with Crippen molar-refractivity contribution in [1.82, 2.24) is 0 Å². The zero-order valence-corrected chi connectivity index (χ0v) is 15.4. The van der Waals surface area contributed by atoms with Gasteiger partial charge >= 0.3 is 0 Å². The van der Waals surface area contributed by atoms with Gasteiger partial charge in [-0.2, -0.15) is 0 Å². The van der Waals surface area contributed by atoms with Crippen molar-refractivity contribution in [1.29, 1.82) is 0 Å². The fraction of sp³-hybridized carbons (Fsp3) is 0.905. The molecule has 4 fully saturated rings. The molecular weight excluding hydrogens is 316 g/mol. The minimum atomic E-state index is -1.50. The summed E-state index contributed by atoms with van der Waals surface area (Å²) in [7, 11) is 0. The predicted molar refractivity (Wildman–Crippen MR) is 94.3 cm³/mol. The number of fused-ring (bicyclic) bond motifs is 5. The summed E-state index contributed by atoms with van der Waals surface area (Å²) in [6.45, 7) is 4.35. The summed E-state index contributed by atoms with van der Waals surface area (Å²) in [5, 5.41) is 42.7. The van der Waals surface area contributed by atoms with E-state index in [-0.39, 0.29) is 23.4 Å². The van der Waals surface area contributed by atoms with Crippen molar-refractivity contribution in [2.24, 2.45) is 34.5 Å². The summed E-state index contributed by atoms with van der Waals surface area (Å²) in [5.74, 6) is 3.35. The van der Waals surface area contributed by atoms with Crippen LogP contribution in [0, 0.1) is 46.8 Å². The molecule has 0 heterocycles. The molecule has 10 atom stereocenters. The predicted octanol–water partition coefficient (Wildman–Crippen LogP) is 1.70. The molecule has 0 bridgehead atoms. The molecule has 4 saturated carbocycles. The number of hydrogen-bond acceptors (Lipinski definition) is 4. The molecule has 25 heavy (non-hydrogen) atoms. The molecule has 0 aromatic carbocycles. The van der Waals surface area contributed by atoms with E-state index in [0.717, 1.165) is 32.1 Å². The third-order valence-electron chi connectivity index (χ3n) is 9.10. The van der Waals surface area contributed by atoms with Gasteiger partial charge in [0.25, 0.3) is 0 Å². The lowest BCUT2D eigenvalue weighted by Gasteiger charge is -2.62. The van der Waals surface area contributed by atoms with E-state index in [4.69, 9.17) is 6.42 Å². The van der Waals surface area contributed by atoms with E-state index in [9.17, 15) is 20.4 Å². The zero-order chi connectivity index (χ0) is 18.2. The van der Waals surface area contributed by atoms with Crippen molar-refractivity contribution >= 4 is 0 Å². The first-order valence-corrected chi connectivity index (χ1v) is 9.91. The molecule has 0 aromatic rings. The van der Waals surface area contributed by atoms with Gasteiger partial charge in [0, 0.05) is 5.41 Å². The Balaban J connectivity index is 1.72. The van der Waals surface area contributed by atoms with Gasteiger partial charge in [0.1, 0.15) is 0 Å². The number of hydrogen-bond donors (Lipinski definition) is 4. The van der Waals surface area contributed by atoms with Gasteiger partial charge in [-0.15, -0.1) is 6.42 Å². The Morgan fingerprint density at radius 3 is 2.36 bits per heavy atom. The molecule has 4 aliphatic rings. The number of terminal acetylenes is 1. The minimum absolute atomic E-state index is 0.0434. The normalized spacial score (nSPS) is 60.9. The Morgan fingerprint density at radius 1 is 0.960 bits per heavy atom. The van der Waals surface area contributed by atoms with Crippen molar-refractivity contribution in [2.45, 2.75) is 82.7 Å². The standard InChI is InChI=1S/C21H32O4/c1-4-21(25)17(24)11-15-18-14(6-8-20(15,21)3)19(2)7-5-13(22)9-12(19)10-16(18)23/h1,12-18,22-25H,5-11H2,2-3H3/t12-,13+,14?,15?,16?,17-,18?,19-,20-,21-/m0/s1. The van der Waals surface area contributed by atoms with Crippen LogP contribution in [0.5, 0.6) is 0 Å². The Labute approximate surface area is 150 Å². The fourth-order valence-corrected chi connectivity index (χ4v) is 7.49. The highest BCUT2D eigenvalue weighted by molar-refractivity contribution is 5.27. The minimum Gasteiger partial charge on any atom is -0.393 e. The molecule has 0 saturated heterocycles. The van der Waals surface area contributed by atoms with Crippen LogP contribution in [0.15, 0.2) is 0 Å². The largest absolute Gasteiger partial charge is 0.393 e. The van der Waals surface area contributed by atoms with Gasteiger partial charge < -0.3 is 20.4 Å². The second kappa shape index (κ2) is 5.45. The van der Waals surface area contributed by atoms with E-state index in [1.165, 1.54) is 0 Å². The second-order valence-corrected chi connectivity index (χ2v) is 9.84. The maximum atomic E-state index is 11.0. The van der Waals surface area contributed by atoms with Gasteiger partial charge in [-0.05, 0) is 74.0 Å². The molecule has 0 aliphatic heterocycles. The summed E-state index contributed by atoms with van der Waals surface area (Å²) in [4.78, 5) is 0. The Kier molecular flexibility index (Phi) is 3.88. The van der Waals surface area contributed by atoms with Crippen molar-refractivity contribution in [3.05, 3.63) is 0 Å². The molecule has 4 rings (SSSR count). The van der Waals surface area contributed by atoms with Crippen LogP contribution >= 0.6 is 0 Å². The zero-order valence-electron chi connectivity index (χ0n) is 15.4. The van der Waals surface area contributed by atoms with Crippen LogP contribution < -0.4 is 0 Å². The molecular formula is C21H32O4. The maximum Gasteiger partial charge on any atom is 0.156 e. The summed E-state index contributed by atoms with van der Waals surface area (Å²) in [6, 6.07) is 0. The summed E-state index contributed by atoms with van der Waals surface area (Å²) in [5.41, 5.74) is -1.91. The van der Waals surface area contributed by atoms with E-state index in [1.807, 2.05) is 6.92 Å². The average molecular weight is 348 g/mol. The molecule has 4 aliphatic carbocycles. The molecule has 140 valence electrons. The summed E-state index contributed by atoms with van der Waals surface area (Å²) >= 11 is 0. The first-order chi connectivity index (χ1) is 11.7. The Bertz CT molecular complexity index is 599. The van der Waals surface area contributed by atoms with E-state index >= 15 is 0 Å². The SMILES string of the molecule is C#C[C@]1(O)[C@@H](O)CC2C3C(O)C[C@@H]4C[C@H](O)CC[C@]4(C)C3CC[C@@]21C. The van der Waals surface area contributed by atoms with Crippen molar-refractivity contribution in [2.75, 3.05) is 0 Å². The quantitative estimate of drug-likeness (QED) is 0.502. The highest BCUT2D eigenvalue weighted by Crippen LogP contribution is 2.68. The number of aliphatic hydroxyl groups is 4. The van der Waals surface area contributed by atoms with E-state index in [2.05, 4.69) is 12.8 Å². The third kappa shape index (κ3) is 2.10. The van der Waals surface area contributed by atoms with Crippen LogP contribution in [0.1, 0.15) is 58.8 Å². The fourth-order valence-electron chi connectivity index (χ4n) is 7.49. The lowest BCUT2D eigenvalue weighted by atomic mass is 9.43. The average Bonchev–Trinajstić information content (AvgIpc) is 2.77. The van der Waals surface area contributed by atoms with Crippen LogP contribution in [0.2, 0.25) is 0 Å². The third-order valence-corrected chi connectivity index (χ3v) is 9.10. The Morgan fingerprint density at radius 2 is 1.68 bits per heavy atom. The number of rotatable bonds is 0. The van der Waals surface area contributed by atoms with Gasteiger partial charge in [0.15, 0.2) is 5.60 Å². The van der Waals surface area contributed by atoms with E-state index in [0.29, 0.717) is 24.7 Å². The van der Waals surface area contributed by atoms with E-state index in [1.54, 1.807) is 0 Å². The second-order valence-electron chi connectivity index (χ2n) is 9.84. The topological polar surface area (TPSA) is 80.9 Å². The van der Waals surface area contributed by atoms with E-state index < -0.39 is 23.2 Å². The first kappa shape index (κ1) is 17.8. The highest BCUT2D eigenvalue weighted by atomic mass is 16.3. The maximum absolute atomic E-state index is 11.0. The molecule has 4 unspecified atom stereocenters. The molecule has 0 aromatic heterocycles. The first-order valence-electron chi connectivity index (χ1n) is 9.91. The van der Waals surface area contributed by atoms with Gasteiger partial charge in [0.2, 0.25) is 0 Å². The summed E-state index contributed by atoms with van der Waals surface area (Å²) < 4.78 is 0. The summed E-state index contributed by atoms with van der Waals surface area (Å²) in [6.07, 6.45) is 9.57. The van der Waals surface area contributed by atoms with Crippen molar-refractivity contribution in [3.63, 3.8) is 0 Å². The smallest absolute Gasteiger partial charge is 0.156 e. The van der Waals surface area contributed by atoms with Gasteiger partial charge in [0.05, 0.1) is 18.3 Å². The molecule has 4 nitrogen and oxygen atoms in total. The molecule has 0 radical (unpaired) electrons. The van der Waals surface area contributed by atoms with Crippen LogP contribution in [-0.2, 0) is 0 Å². The monoisotopic (exact) mass is 348 g/mol. The van der Waals surface area contributed by atoms with Crippen LogP contribution in [-0.4, -0.2) is 44.3 Å². The van der Waals surface area contributed by atoms with Crippen LogP contribution in [0.25, 0.3) is 0 Å². The van der Waals surface area contributed by atoms with Crippen molar-refractivity contribution < 1.29 is 20.4 Å². The lowest BCUT2D eigenvalue weighted by molar-refractivity contribution is -0.186. The highest BCUT2D eigenvalue weighted by Gasteiger charge is 2.68.